The van der Waals surface area contributed by atoms with E-state index in [1.807, 2.05) is 13.0 Å². The lowest BCUT2D eigenvalue weighted by atomic mass is 9.85. The summed E-state index contributed by atoms with van der Waals surface area (Å²) < 4.78 is 34.8. The SMILES string of the molecule is CCOC(=O)N1c2cc(OC)c(OC)cc2C(CNC(=O)c2ccc(F)c(OC)c2)CC1C. The van der Waals surface area contributed by atoms with Crippen LogP contribution in [0.5, 0.6) is 17.2 Å². The van der Waals surface area contributed by atoms with Crippen LogP contribution in [0, 0.1) is 5.82 Å². The van der Waals surface area contributed by atoms with E-state index in [4.69, 9.17) is 18.9 Å². The number of amides is 2. The zero-order chi connectivity index (χ0) is 24.1. The highest BCUT2D eigenvalue weighted by atomic mass is 19.1. The van der Waals surface area contributed by atoms with Crippen molar-refractivity contribution in [1.82, 2.24) is 5.32 Å². The Morgan fingerprint density at radius 3 is 2.36 bits per heavy atom. The summed E-state index contributed by atoms with van der Waals surface area (Å²) in [4.78, 5) is 27.0. The fraction of sp³-hybridized carbons (Fsp3) is 0.417. The second-order valence-corrected chi connectivity index (χ2v) is 7.68. The van der Waals surface area contributed by atoms with E-state index in [9.17, 15) is 14.0 Å². The van der Waals surface area contributed by atoms with Crippen LogP contribution in [0.3, 0.4) is 0 Å². The number of carbonyl (C=O) groups excluding carboxylic acids is 2. The molecule has 0 spiro atoms. The van der Waals surface area contributed by atoms with Gasteiger partial charge < -0.3 is 24.3 Å². The maximum atomic E-state index is 13.7. The molecule has 2 unspecified atom stereocenters. The highest BCUT2D eigenvalue weighted by Crippen LogP contribution is 2.44. The van der Waals surface area contributed by atoms with Gasteiger partial charge in [0.15, 0.2) is 23.1 Å². The fourth-order valence-corrected chi connectivity index (χ4v) is 4.08. The first-order valence-corrected chi connectivity index (χ1v) is 10.7. The minimum absolute atomic E-state index is 0.00111. The molecule has 178 valence electrons. The van der Waals surface area contributed by atoms with Crippen LogP contribution in [0.4, 0.5) is 14.9 Å². The molecule has 0 saturated heterocycles. The number of nitrogens with zero attached hydrogens (tertiary/aromatic N) is 1. The lowest BCUT2D eigenvalue weighted by Gasteiger charge is -2.39. The van der Waals surface area contributed by atoms with Gasteiger partial charge in [-0.3, -0.25) is 9.69 Å². The number of hydrogen-bond donors (Lipinski definition) is 1. The van der Waals surface area contributed by atoms with Crippen molar-refractivity contribution >= 4 is 17.7 Å². The Kier molecular flexibility index (Phi) is 7.63. The molecule has 0 bridgehead atoms. The Balaban J connectivity index is 1.90. The highest BCUT2D eigenvalue weighted by molar-refractivity contribution is 5.95. The number of benzene rings is 2. The lowest BCUT2D eigenvalue weighted by Crippen LogP contribution is -2.45. The van der Waals surface area contributed by atoms with Gasteiger partial charge in [-0.15, -0.1) is 0 Å². The third kappa shape index (κ3) is 4.97. The number of nitrogens with one attached hydrogen (secondary N) is 1. The number of anilines is 1. The molecule has 2 aromatic rings. The number of carbonyl (C=O) groups is 2. The Morgan fingerprint density at radius 1 is 1.06 bits per heavy atom. The summed E-state index contributed by atoms with van der Waals surface area (Å²) in [7, 11) is 4.41. The van der Waals surface area contributed by atoms with E-state index in [-0.39, 0.29) is 35.8 Å². The first-order chi connectivity index (χ1) is 15.8. The second-order valence-electron chi connectivity index (χ2n) is 7.68. The summed E-state index contributed by atoms with van der Waals surface area (Å²) in [6.07, 6.45) is 0.147. The molecule has 2 atom stereocenters. The van der Waals surface area contributed by atoms with Crippen LogP contribution in [0.15, 0.2) is 30.3 Å². The van der Waals surface area contributed by atoms with E-state index < -0.39 is 11.9 Å². The van der Waals surface area contributed by atoms with Gasteiger partial charge in [-0.1, -0.05) is 0 Å². The van der Waals surface area contributed by atoms with E-state index in [2.05, 4.69) is 5.32 Å². The minimum Gasteiger partial charge on any atom is -0.494 e. The molecule has 8 nitrogen and oxygen atoms in total. The topological polar surface area (TPSA) is 86.3 Å². The van der Waals surface area contributed by atoms with Gasteiger partial charge >= 0.3 is 6.09 Å². The van der Waals surface area contributed by atoms with Gasteiger partial charge in [0.25, 0.3) is 5.91 Å². The van der Waals surface area contributed by atoms with Crippen LogP contribution < -0.4 is 24.4 Å². The summed E-state index contributed by atoms with van der Waals surface area (Å²) in [6, 6.07) is 7.35. The molecule has 33 heavy (non-hydrogen) atoms. The molecule has 2 aromatic carbocycles. The second kappa shape index (κ2) is 10.4. The summed E-state index contributed by atoms with van der Waals surface area (Å²) in [6.45, 7) is 4.24. The van der Waals surface area contributed by atoms with E-state index in [1.165, 1.54) is 39.5 Å². The normalized spacial score (nSPS) is 17.1. The number of rotatable bonds is 7. The molecule has 0 aliphatic carbocycles. The van der Waals surface area contributed by atoms with Crippen molar-refractivity contribution in [1.29, 1.82) is 0 Å². The average Bonchev–Trinajstić information content (AvgIpc) is 2.81. The number of halogens is 1. The standard InChI is InChI=1S/C24H29FN2O6/c1-6-33-24(29)27-14(2)9-16(17-11-21(31-4)22(32-5)12-19(17)27)13-26-23(28)15-7-8-18(25)20(10-15)30-3/h7-8,10-12,14,16H,6,9,13H2,1-5H3,(H,26,28). The van der Waals surface area contributed by atoms with Crippen molar-refractivity contribution in [2.75, 3.05) is 39.4 Å². The van der Waals surface area contributed by atoms with Gasteiger partial charge in [-0.2, -0.15) is 0 Å². The molecule has 1 heterocycles. The van der Waals surface area contributed by atoms with E-state index >= 15 is 0 Å². The third-order valence-electron chi connectivity index (χ3n) is 5.69. The first kappa shape index (κ1) is 24.2. The van der Waals surface area contributed by atoms with Gasteiger partial charge in [0.1, 0.15) is 0 Å². The van der Waals surface area contributed by atoms with Crippen LogP contribution in [0.25, 0.3) is 0 Å². The molecule has 0 radical (unpaired) electrons. The Morgan fingerprint density at radius 2 is 1.73 bits per heavy atom. The quantitative estimate of drug-likeness (QED) is 0.669. The van der Waals surface area contributed by atoms with Crippen molar-refractivity contribution in [2.45, 2.75) is 32.2 Å². The molecule has 1 N–H and O–H groups in total. The Hall–Kier alpha value is -3.49. The zero-order valence-electron chi connectivity index (χ0n) is 19.4. The number of methoxy groups -OCH3 is 3. The largest absolute Gasteiger partial charge is 0.494 e. The van der Waals surface area contributed by atoms with E-state index in [0.717, 1.165) is 5.56 Å². The molecular weight excluding hydrogens is 431 g/mol. The third-order valence-corrected chi connectivity index (χ3v) is 5.69. The Labute approximate surface area is 192 Å². The molecule has 0 aromatic heterocycles. The predicted molar refractivity (Wildman–Crippen MR) is 121 cm³/mol. The minimum atomic E-state index is -0.538. The van der Waals surface area contributed by atoms with Crippen LogP contribution in [-0.4, -0.2) is 52.5 Å². The Bertz CT molecular complexity index is 1030. The van der Waals surface area contributed by atoms with Gasteiger partial charge in [0.2, 0.25) is 0 Å². The van der Waals surface area contributed by atoms with Crippen molar-refractivity contribution in [2.24, 2.45) is 0 Å². The van der Waals surface area contributed by atoms with Crippen molar-refractivity contribution in [3.63, 3.8) is 0 Å². The highest BCUT2D eigenvalue weighted by Gasteiger charge is 2.36. The summed E-state index contributed by atoms with van der Waals surface area (Å²) in [5, 5.41) is 2.91. The molecule has 9 heteroatoms. The van der Waals surface area contributed by atoms with Gasteiger partial charge in [-0.05, 0) is 50.1 Å². The first-order valence-electron chi connectivity index (χ1n) is 10.7. The van der Waals surface area contributed by atoms with Crippen molar-refractivity contribution in [3.8, 4) is 17.2 Å². The molecule has 1 aliphatic heterocycles. The lowest BCUT2D eigenvalue weighted by molar-refractivity contribution is 0.0949. The average molecular weight is 461 g/mol. The maximum absolute atomic E-state index is 13.7. The van der Waals surface area contributed by atoms with Crippen LogP contribution in [0.1, 0.15) is 42.1 Å². The molecule has 1 aliphatic rings. The van der Waals surface area contributed by atoms with Crippen LogP contribution in [-0.2, 0) is 4.74 Å². The van der Waals surface area contributed by atoms with E-state index in [0.29, 0.717) is 30.2 Å². The predicted octanol–water partition coefficient (Wildman–Crippen LogP) is 4.12. The van der Waals surface area contributed by atoms with Crippen molar-refractivity contribution in [3.05, 3.63) is 47.3 Å². The molecule has 3 rings (SSSR count). The van der Waals surface area contributed by atoms with Gasteiger partial charge in [0.05, 0.1) is 33.6 Å². The smallest absolute Gasteiger partial charge is 0.414 e. The monoisotopic (exact) mass is 460 g/mol. The zero-order valence-corrected chi connectivity index (χ0v) is 19.4. The summed E-state index contributed by atoms with van der Waals surface area (Å²) in [5.41, 5.74) is 1.76. The molecular formula is C24H29FN2O6. The summed E-state index contributed by atoms with van der Waals surface area (Å²) in [5.74, 6) is 0.0167. The fourth-order valence-electron chi connectivity index (χ4n) is 4.08. The molecule has 0 fully saturated rings. The number of fused-ring (bicyclic) bond motifs is 1. The molecule has 2 amide bonds. The number of ether oxygens (including phenoxy) is 4. The maximum Gasteiger partial charge on any atom is 0.414 e. The summed E-state index contributed by atoms with van der Waals surface area (Å²) >= 11 is 0. The van der Waals surface area contributed by atoms with E-state index in [1.54, 1.807) is 17.9 Å². The van der Waals surface area contributed by atoms with Gasteiger partial charge in [0, 0.05) is 30.1 Å². The van der Waals surface area contributed by atoms with Crippen LogP contribution >= 0.6 is 0 Å². The molecule has 0 saturated carbocycles. The van der Waals surface area contributed by atoms with Gasteiger partial charge in [-0.25, -0.2) is 9.18 Å². The van der Waals surface area contributed by atoms with Crippen molar-refractivity contribution < 1.29 is 32.9 Å². The number of hydrogen-bond acceptors (Lipinski definition) is 6. The van der Waals surface area contributed by atoms with Crippen LogP contribution in [0.2, 0.25) is 0 Å².